The Hall–Kier alpha value is -2.16. The van der Waals surface area contributed by atoms with Crippen LogP contribution in [0.5, 0.6) is 0 Å². The van der Waals surface area contributed by atoms with Crippen molar-refractivity contribution in [1.29, 1.82) is 0 Å². The molecule has 2 aliphatic rings. The number of para-hydroxylation sites is 1. The van der Waals surface area contributed by atoms with Crippen molar-refractivity contribution in [2.45, 2.75) is 30.3 Å². The van der Waals surface area contributed by atoms with E-state index in [1.807, 2.05) is 18.2 Å². The number of aryl methyl sites for hydroxylation is 1. The number of nitrogens with zero attached hydrogens (tertiary/aromatic N) is 3. The second kappa shape index (κ2) is 6.72. The molecule has 0 radical (unpaired) electrons. The summed E-state index contributed by atoms with van der Waals surface area (Å²) in [7, 11) is -1.81. The Morgan fingerprint density at radius 2 is 1.96 bits per heavy atom. The van der Waals surface area contributed by atoms with E-state index in [0.29, 0.717) is 11.8 Å². The minimum atomic E-state index is -3.53. The minimum absolute atomic E-state index is 0.00266. The average Bonchev–Trinajstić information content (AvgIpc) is 3.32. The van der Waals surface area contributed by atoms with Crippen LogP contribution in [0.3, 0.4) is 0 Å². The summed E-state index contributed by atoms with van der Waals surface area (Å²) in [5, 5.41) is 5.11. The van der Waals surface area contributed by atoms with Crippen LogP contribution in [0.2, 0.25) is 0 Å². The van der Waals surface area contributed by atoms with Gasteiger partial charge in [-0.25, -0.2) is 13.1 Å². The molecule has 1 saturated heterocycles. The first-order chi connectivity index (χ1) is 13.5. The lowest BCUT2D eigenvalue weighted by Crippen LogP contribution is -2.52. The molecule has 0 spiro atoms. The Labute approximate surface area is 164 Å². The minimum Gasteiger partial charge on any atom is -0.460 e. The van der Waals surface area contributed by atoms with Gasteiger partial charge in [0, 0.05) is 37.8 Å². The highest BCUT2D eigenvalue weighted by Crippen LogP contribution is 2.38. The summed E-state index contributed by atoms with van der Waals surface area (Å²) in [6.07, 6.45) is 5.06. The number of rotatable bonds is 5. The van der Waals surface area contributed by atoms with Crippen molar-refractivity contribution in [1.82, 2.24) is 19.4 Å². The van der Waals surface area contributed by atoms with Crippen LogP contribution in [0.4, 0.5) is 0 Å². The third kappa shape index (κ3) is 3.25. The fourth-order valence-corrected chi connectivity index (χ4v) is 6.12. The third-order valence-corrected chi connectivity index (χ3v) is 7.46. The normalized spacial score (nSPS) is 25.5. The molecule has 1 aromatic carbocycles. The van der Waals surface area contributed by atoms with Crippen molar-refractivity contribution in [3.63, 3.8) is 0 Å². The van der Waals surface area contributed by atoms with Crippen LogP contribution in [0.25, 0.3) is 11.0 Å². The van der Waals surface area contributed by atoms with Gasteiger partial charge in [0.1, 0.15) is 16.2 Å². The molecule has 2 fully saturated rings. The van der Waals surface area contributed by atoms with Gasteiger partial charge in [-0.3, -0.25) is 9.58 Å². The number of aromatic nitrogens is 2. The van der Waals surface area contributed by atoms with Crippen molar-refractivity contribution in [3.05, 3.63) is 48.5 Å². The van der Waals surface area contributed by atoms with Crippen LogP contribution in [0, 0.1) is 11.8 Å². The highest BCUT2D eigenvalue weighted by molar-refractivity contribution is 7.89. The number of piperidine rings is 1. The van der Waals surface area contributed by atoms with Gasteiger partial charge in [-0.05, 0) is 36.8 Å². The van der Waals surface area contributed by atoms with Crippen LogP contribution in [-0.4, -0.2) is 42.2 Å². The van der Waals surface area contributed by atoms with Crippen LogP contribution in [0.1, 0.15) is 18.6 Å². The van der Waals surface area contributed by atoms with Gasteiger partial charge >= 0.3 is 0 Å². The average molecular weight is 401 g/mol. The highest BCUT2D eigenvalue weighted by Gasteiger charge is 2.44. The van der Waals surface area contributed by atoms with Crippen LogP contribution >= 0.6 is 0 Å². The molecule has 28 heavy (non-hydrogen) atoms. The fourth-order valence-electron chi connectivity index (χ4n) is 4.76. The Morgan fingerprint density at radius 1 is 1.21 bits per heavy atom. The molecule has 5 rings (SSSR count). The summed E-state index contributed by atoms with van der Waals surface area (Å²) in [5.74, 6) is 1.62. The predicted molar refractivity (Wildman–Crippen MR) is 105 cm³/mol. The first kappa shape index (κ1) is 17.9. The number of benzene rings is 1. The van der Waals surface area contributed by atoms with E-state index >= 15 is 0 Å². The number of nitrogens with one attached hydrogen (secondary N) is 1. The van der Waals surface area contributed by atoms with E-state index in [0.717, 1.165) is 49.2 Å². The molecule has 3 heterocycles. The SMILES string of the molecule is Cn1cc(S(=O)(=O)NC2[C@@H]3CC[C@H]2CN(Cc2cc4ccccc4o2)C3)cn1. The van der Waals surface area contributed by atoms with Crippen molar-refractivity contribution < 1.29 is 12.8 Å². The number of sulfonamides is 1. The molecule has 0 amide bonds. The lowest BCUT2D eigenvalue weighted by atomic mass is 9.93. The third-order valence-electron chi connectivity index (χ3n) is 6.05. The molecule has 1 saturated carbocycles. The molecule has 3 aromatic rings. The van der Waals surface area contributed by atoms with Gasteiger partial charge in [-0.1, -0.05) is 18.2 Å². The molecule has 1 unspecified atom stereocenters. The fraction of sp³-hybridized carbons (Fsp3) is 0.450. The largest absolute Gasteiger partial charge is 0.460 e. The monoisotopic (exact) mass is 400 g/mol. The topological polar surface area (TPSA) is 80.4 Å². The van der Waals surface area contributed by atoms with E-state index in [-0.39, 0.29) is 10.9 Å². The predicted octanol–water partition coefficient (Wildman–Crippen LogP) is 2.36. The summed E-state index contributed by atoms with van der Waals surface area (Å²) in [6.45, 7) is 2.53. The van der Waals surface area contributed by atoms with E-state index < -0.39 is 10.0 Å². The van der Waals surface area contributed by atoms with Crippen molar-refractivity contribution >= 4 is 21.0 Å². The van der Waals surface area contributed by atoms with Crippen LogP contribution in [-0.2, 0) is 23.6 Å². The van der Waals surface area contributed by atoms with Crippen molar-refractivity contribution in [2.24, 2.45) is 18.9 Å². The number of fused-ring (bicyclic) bond motifs is 3. The van der Waals surface area contributed by atoms with Gasteiger partial charge in [-0.2, -0.15) is 5.10 Å². The second-order valence-corrected chi connectivity index (χ2v) is 9.75. The molecule has 3 atom stereocenters. The van der Waals surface area contributed by atoms with E-state index in [9.17, 15) is 8.42 Å². The molecule has 1 aliphatic heterocycles. The molecular formula is C20H24N4O3S. The second-order valence-electron chi connectivity index (χ2n) is 8.04. The Bertz CT molecular complexity index is 1060. The zero-order chi connectivity index (χ0) is 19.3. The van der Waals surface area contributed by atoms with E-state index in [1.54, 1.807) is 13.2 Å². The maximum Gasteiger partial charge on any atom is 0.243 e. The lowest BCUT2D eigenvalue weighted by Gasteiger charge is -2.37. The molecule has 2 bridgehead atoms. The molecule has 7 nitrogen and oxygen atoms in total. The van der Waals surface area contributed by atoms with E-state index in [1.165, 1.54) is 10.9 Å². The Morgan fingerprint density at radius 3 is 2.64 bits per heavy atom. The molecule has 148 valence electrons. The highest BCUT2D eigenvalue weighted by atomic mass is 32.2. The maximum atomic E-state index is 12.7. The van der Waals surface area contributed by atoms with Gasteiger partial charge in [0.25, 0.3) is 0 Å². The first-order valence-corrected chi connectivity index (χ1v) is 11.2. The smallest absolute Gasteiger partial charge is 0.243 e. The van der Waals surface area contributed by atoms with Gasteiger partial charge in [0.05, 0.1) is 12.7 Å². The number of furan rings is 1. The summed E-state index contributed by atoms with van der Waals surface area (Å²) in [5.41, 5.74) is 0.916. The number of likely N-dealkylation sites (tertiary alicyclic amines) is 1. The lowest BCUT2D eigenvalue weighted by molar-refractivity contribution is 0.126. The summed E-state index contributed by atoms with van der Waals surface area (Å²) < 4.78 is 35.9. The molecular weight excluding hydrogens is 376 g/mol. The molecule has 1 N–H and O–H groups in total. The van der Waals surface area contributed by atoms with E-state index in [2.05, 4.69) is 26.9 Å². The summed E-state index contributed by atoms with van der Waals surface area (Å²) in [4.78, 5) is 2.63. The quantitative estimate of drug-likeness (QED) is 0.711. The summed E-state index contributed by atoms with van der Waals surface area (Å²) in [6, 6.07) is 10.1. The van der Waals surface area contributed by atoms with Gasteiger partial charge in [0.15, 0.2) is 0 Å². The maximum absolute atomic E-state index is 12.7. The Kier molecular flexibility index (Phi) is 4.30. The molecule has 1 aliphatic carbocycles. The first-order valence-electron chi connectivity index (χ1n) is 9.69. The van der Waals surface area contributed by atoms with Gasteiger partial charge in [0.2, 0.25) is 10.0 Å². The standard InChI is InChI=1S/C20H24N4O3S/c1-23-13-18(9-21-23)28(25,26)22-20-15-6-7-16(20)11-24(10-15)12-17-8-14-4-2-3-5-19(14)27-17/h2-5,8-9,13,15-16,20,22H,6-7,10-12H2,1H3/t15-,16+,20?. The molecule has 2 aromatic heterocycles. The van der Waals surface area contributed by atoms with Crippen molar-refractivity contribution in [3.8, 4) is 0 Å². The summed E-state index contributed by atoms with van der Waals surface area (Å²) >= 11 is 0. The number of hydrogen-bond acceptors (Lipinski definition) is 5. The van der Waals surface area contributed by atoms with Gasteiger partial charge in [-0.15, -0.1) is 0 Å². The van der Waals surface area contributed by atoms with Crippen LogP contribution in [0.15, 0.2) is 52.0 Å². The zero-order valence-corrected chi connectivity index (χ0v) is 16.6. The van der Waals surface area contributed by atoms with Crippen molar-refractivity contribution in [2.75, 3.05) is 13.1 Å². The zero-order valence-electron chi connectivity index (χ0n) is 15.8. The van der Waals surface area contributed by atoms with Gasteiger partial charge < -0.3 is 4.42 Å². The van der Waals surface area contributed by atoms with Crippen LogP contribution < -0.4 is 4.72 Å². The Balaban J connectivity index is 1.28. The number of hydrogen-bond donors (Lipinski definition) is 1. The van der Waals surface area contributed by atoms with E-state index in [4.69, 9.17) is 4.42 Å². The molecule has 8 heteroatoms.